The summed E-state index contributed by atoms with van der Waals surface area (Å²) in [6.45, 7) is 2.63. The first-order valence-corrected chi connectivity index (χ1v) is 6.57. The number of ether oxygens (including phenoxy) is 1. The van der Waals surface area contributed by atoms with Gasteiger partial charge in [-0.1, -0.05) is 0 Å². The Balaban J connectivity index is 1.76. The Bertz CT molecular complexity index is 604. The zero-order valence-electron chi connectivity index (χ0n) is 11.5. The first-order chi connectivity index (χ1) is 9.66. The van der Waals surface area contributed by atoms with Gasteiger partial charge in [0.25, 0.3) is 5.91 Å². The van der Waals surface area contributed by atoms with Crippen LogP contribution >= 0.6 is 0 Å². The number of nitrogens with zero attached hydrogens (tertiary/aromatic N) is 3. The van der Waals surface area contributed by atoms with Crippen LogP contribution in [0, 0.1) is 6.92 Å². The molecule has 1 aliphatic rings. The number of hydrogen-bond donors (Lipinski definition) is 2. The second-order valence-electron chi connectivity index (χ2n) is 4.94. The van der Waals surface area contributed by atoms with E-state index in [1.54, 1.807) is 18.5 Å². The average Bonchev–Trinajstić information content (AvgIpc) is 3.13. The van der Waals surface area contributed by atoms with E-state index in [2.05, 4.69) is 20.6 Å². The third kappa shape index (κ3) is 2.20. The Labute approximate surface area is 116 Å². The van der Waals surface area contributed by atoms with Crippen molar-refractivity contribution < 1.29 is 9.53 Å². The van der Waals surface area contributed by atoms with Crippen LogP contribution < -0.4 is 5.32 Å². The van der Waals surface area contributed by atoms with Gasteiger partial charge >= 0.3 is 0 Å². The van der Waals surface area contributed by atoms with Gasteiger partial charge in [-0.15, -0.1) is 0 Å². The van der Waals surface area contributed by atoms with Crippen molar-refractivity contribution in [3.8, 4) is 0 Å². The Hall–Kier alpha value is -2.15. The predicted molar refractivity (Wildman–Crippen MR) is 71.1 cm³/mol. The standard InChI is InChI=1S/C13H17N5O2/c1-8-9(7-15-18(8)2)12-10(4-6-20-12)16-13(19)11-3-5-14-17-11/h3,5,7,10,12H,4,6H2,1-2H3,(H,14,17)(H,16,19)/t10-,12+/m0/s1. The summed E-state index contributed by atoms with van der Waals surface area (Å²) in [7, 11) is 1.89. The molecule has 0 saturated carbocycles. The van der Waals surface area contributed by atoms with Gasteiger partial charge in [-0.2, -0.15) is 10.2 Å². The minimum absolute atomic E-state index is 0.0475. The van der Waals surface area contributed by atoms with Crippen molar-refractivity contribution in [1.82, 2.24) is 25.3 Å². The zero-order chi connectivity index (χ0) is 14.1. The molecule has 7 heteroatoms. The van der Waals surface area contributed by atoms with E-state index in [4.69, 9.17) is 4.74 Å². The van der Waals surface area contributed by atoms with E-state index < -0.39 is 0 Å². The normalized spacial score (nSPS) is 22.1. The Morgan fingerprint density at radius 1 is 1.60 bits per heavy atom. The van der Waals surface area contributed by atoms with E-state index in [0.29, 0.717) is 12.3 Å². The lowest BCUT2D eigenvalue weighted by atomic mass is 10.0. The highest BCUT2D eigenvalue weighted by atomic mass is 16.5. The summed E-state index contributed by atoms with van der Waals surface area (Å²) in [6, 6.07) is 1.60. The van der Waals surface area contributed by atoms with Crippen molar-refractivity contribution in [2.45, 2.75) is 25.5 Å². The fourth-order valence-corrected chi connectivity index (χ4v) is 2.47. The zero-order valence-corrected chi connectivity index (χ0v) is 11.5. The molecule has 0 unspecified atom stereocenters. The van der Waals surface area contributed by atoms with Gasteiger partial charge in [-0.05, 0) is 19.4 Å². The molecule has 0 spiro atoms. The van der Waals surface area contributed by atoms with Crippen molar-refractivity contribution in [3.63, 3.8) is 0 Å². The van der Waals surface area contributed by atoms with Crippen LogP contribution in [0.3, 0.4) is 0 Å². The first kappa shape index (κ1) is 12.9. The van der Waals surface area contributed by atoms with Gasteiger partial charge in [0.05, 0.1) is 12.2 Å². The number of carbonyl (C=O) groups is 1. The van der Waals surface area contributed by atoms with Crippen molar-refractivity contribution >= 4 is 5.91 Å². The number of nitrogens with one attached hydrogen (secondary N) is 2. The van der Waals surface area contributed by atoms with Crippen molar-refractivity contribution in [3.05, 3.63) is 35.4 Å². The Morgan fingerprint density at radius 3 is 3.10 bits per heavy atom. The number of aryl methyl sites for hydroxylation is 1. The molecule has 1 amide bonds. The highest BCUT2D eigenvalue weighted by Crippen LogP contribution is 2.31. The van der Waals surface area contributed by atoms with Gasteiger partial charge in [-0.25, -0.2) is 0 Å². The lowest BCUT2D eigenvalue weighted by Gasteiger charge is -2.19. The highest BCUT2D eigenvalue weighted by Gasteiger charge is 2.33. The van der Waals surface area contributed by atoms with E-state index in [0.717, 1.165) is 17.7 Å². The van der Waals surface area contributed by atoms with E-state index in [9.17, 15) is 4.79 Å². The summed E-state index contributed by atoms with van der Waals surface area (Å²) >= 11 is 0. The van der Waals surface area contributed by atoms with Crippen LogP contribution in [0.2, 0.25) is 0 Å². The minimum Gasteiger partial charge on any atom is -0.371 e. The van der Waals surface area contributed by atoms with Gasteiger partial charge < -0.3 is 10.1 Å². The summed E-state index contributed by atoms with van der Waals surface area (Å²) < 4.78 is 7.58. The molecule has 2 aromatic rings. The number of amides is 1. The molecule has 0 aromatic carbocycles. The summed E-state index contributed by atoms with van der Waals surface area (Å²) in [6.07, 6.45) is 4.01. The highest BCUT2D eigenvalue weighted by molar-refractivity contribution is 5.92. The Morgan fingerprint density at radius 2 is 2.45 bits per heavy atom. The molecule has 1 saturated heterocycles. The lowest BCUT2D eigenvalue weighted by Crippen LogP contribution is -2.37. The summed E-state index contributed by atoms with van der Waals surface area (Å²) in [5.41, 5.74) is 2.54. The van der Waals surface area contributed by atoms with Crippen LogP contribution in [0.1, 0.15) is 34.3 Å². The predicted octanol–water partition coefficient (Wildman–Crippen LogP) is 0.712. The quantitative estimate of drug-likeness (QED) is 0.864. The maximum absolute atomic E-state index is 12.1. The topological polar surface area (TPSA) is 84.8 Å². The molecule has 20 heavy (non-hydrogen) atoms. The number of aromatic nitrogens is 4. The third-order valence-corrected chi connectivity index (χ3v) is 3.73. The maximum atomic E-state index is 12.1. The number of aromatic amines is 1. The smallest absolute Gasteiger partial charge is 0.269 e. The molecule has 0 radical (unpaired) electrons. The van der Waals surface area contributed by atoms with Crippen LogP contribution in [0.25, 0.3) is 0 Å². The van der Waals surface area contributed by atoms with Crippen LogP contribution in [0.15, 0.2) is 18.5 Å². The first-order valence-electron chi connectivity index (χ1n) is 6.57. The summed E-state index contributed by atoms with van der Waals surface area (Å²) in [5.74, 6) is -0.162. The molecule has 2 N–H and O–H groups in total. The van der Waals surface area contributed by atoms with Crippen molar-refractivity contribution in [2.75, 3.05) is 6.61 Å². The van der Waals surface area contributed by atoms with Crippen molar-refractivity contribution in [1.29, 1.82) is 0 Å². The molecule has 0 bridgehead atoms. The summed E-state index contributed by atoms with van der Waals surface area (Å²) in [4.78, 5) is 12.1. The number of carbonyl (C=O) groups excluding carboxylic acids is 1. The van der Waals surface area contributed by atoms with Gasteiger partial charge in [0.2, 0.25) is 0 Å². The molecular formula is C13H17N5O2. The van der Waals surface area contributed by atoms with E-state index in [-0.39, 0.29) is 18.1 Å². The molecule has 7 nitrogen and oxygen atoms in total. The number of H-pyrrole nitrogens is 1. The van der Waals surface area contributed by atoms with Crippen LogP contribution in [-0.2, 0) is 11.8 Å². The molecule has 3 rings (SSSR count). The molecular weight excluding hydrogens is 258 g/mol. The monoisotopic (exact) mass is 275 g/mol. The van der Waals surface area contributed by atoms with E-state index in [1.807, 2.05) is 18.7 Å². The summed E-state index contributed by atoms with van der Waals surface area (Å²) in [5, 5.41) is 13.7. The molecule has 2 atom stereocenters. The van der Waals surface area contributed by atoms with E-state index in [1.165, 1.54) is 0 Å². The maximum Gasteiger partial charge on any atom is 0.269 e. The van der Waals surface area contributed by atoms with Crippen LogP contribution in [0.5, 0.6) is 0 Å². The third-order valence-electron chi connectivity index (χ3n) is 3.73. The largest absolute Gasteiger partial charge is 0.371 e. The molecule has 1 aliphatic heterocycles. The molecule has 2 aromatic heterocycles. The molecule has 106 valence electrons. The van der Waals surface area contributed by atoms with E-state index >= 15 is 0 Å². The SMILES string of the molecule is Cc1c([C@H]2OCC[C@@H]2NC(=O)c2ccn[nH]2)cnn1C. The fraction of sp³-hybridized carbons (Fsp3) is 0.462. The fourth-order valence-electron chi connectivity index (χ4n) is 2.47. The van der Waals surface area contributed by atoms with Gasteiger partial charge in [0.15, 0.2) is 0 Å². The molecule has 0 aliphatic carbocycles. The second kappa shape index (κ2) is 5.09. The van der Waals surface area contributed by atoms with Gasteiger partial charge in [0.1, 0.15) is 11.8 Å². The Kier molecular flexibility index (Phi) is 3.27. The van der Waals surface area contributed by atoms with Crippen LogP contribution in [-0.4, -0.2) is 38.5 Å². The number of hydrogen-bond acceptors (Lipinski definition) is 4. The second-order valence-corrected chi connectivity index (χ2v) is 4.94. The van der Waals surface area contributed by atoms with Crippen molar-refractivity contribution in [2.24, 2.45) is 7.05 Å². The van der Waals surface area contributed by atoms with Crippen LogP contribution in [0.4, 0.5) is 0 Å². The number of rotatable bonds is 3. The van der Waals surface area contributed by atoms with Gasteiger partial charge in [-0.3, -0.25) is 14.6 Å². The van der Waals surface area contributed by atoms with Gasteiger partial charge in [0, 0.05) is 31.1 Å². The lowest BCUT2D eigenvalue weighted by molar-refractivity contribution is 0.0815. The molecule has 1 fully saturated rings. The minimum atomic E-state index is -0.162. The average molecular weight is 275 g/mol. The molecule has 3 heterocycles.